The Morgan fingerprint density at radius 3 is 2.47 bits per heavy atom. The monoisotopic (exact) mass is 270 g/mol. The second kappa shape index (κ2) is 8.77. The van der Waals surface area contributed by atoms with Gasteiger partial charge in [0, 0.05) is 25.6 Å². The molecule has 1 saturated heterocycles. The number of carbonyl (C=O) groups excluding carboxylic acids is 2. The van der Waals surface area contributed by atoms with Gasteiger partial charge in [0.25, 0.3) is 0 Å². The van der Waals surface area contributed by atoms with E-state index in [1.165, 1.54) is 0 Å². The van der Waals surface area contributed by atoms with Crippen LogP contribution in [0.15, 0.2) is 0 Å². The number of carbonyl (C=O) groups is 2. The summed E-state index contributed by atoms with van der Waals surface area (Å²) in [5.74, 6) is 0.187. The number of unbranched alkanes of at least 4 members (excludes halogenated alkanes) is 2. The summed E-state index contributed by atoms with van der Waals surface area (Å²) in [5.41, 5.74) is 0. The topological polar surface area (TPSA) is 58.6 Å². The minimum Gasteiger partial charge on any atom is -0.450 e. The average Bonchev–Trinajstić information content (AvgIpc) is 2.44. The number of hydrogen-bond acceptors (Lipinski definition) is 3. The molecule has 0 radical (unpaired) electrons. The van der Waals surface area contributed by atoms with Gasteiger partial charge in [0.1, 0.15) is 0 Å². The third-order valence-electron chi connectivity index (χ3n) is 3.47. The number of likely N-dealkylation sites (tertiary alicyclic amines) is 1. The van der Waals surface area contributed by atoms with Crippen LogP contribution in [0, 0.1) is 5.92 Å². The van der Waals surface area contributed by atoms with Gasteiger partial charge in [-0.25, -0.2) is 4.79 Å². The van der Waals surface area contributed by atoms with Crippen LogP contribution in [0.3, 0.4) is 0 Å². The molecule has 0 saturated carbocycles. The molecule has 1 aliphatic heterocycles. The zero-order valence-electron chi connectivity index (χ0n) is 12.1. The highest BCUT2D eigenvalue weighted by Crippen LogP contribution is 2.18. The highest BCUT2D eigenvalue weighted by Gasteiger charge is 2.27. The maximum Gasteiger partial charge on any atom is 0.409 e. The minimum atomic E-state index is -0.260. The Hall–Kier alpha value is -1.26. The lowest BCUT2D eigenvalue weighted by Gasteiger charge is -2.30. The second-order valence-corrected chi connectivity index (χ2v) is 4.96. The molecule has 0 aliphatic carbocycles. The van der Waals surface area contributed by atoms with Gasteiger partial charge in [0.15, 0.2) is 0 Å². The highest BCUT2D eigenvalue weighted by molar-refractivity contribution is 5.79. The smallest absolute Gasteiger partial charge is 0.409 e. The number of rotatable bonds is 6. The molecule has 110 valence electrons. The van der Waals surface area contributed by atoms with Crippen molar-refractivity contribution in [1.82, 2.24) is 10.2 Å². The third-order valence-corrected chi connectivity index (χ3v) is 3.47. The quantitative estimate of drug-likeness (QED) is 0.752. The van der Waals surface area contributed by atoms with Crippen molar-refractivity contribution in [2.24, 2.45) is 5.92 Å². The van der Waals surface area contributed by atoms with E-state index in [0.717, 1.165) is 38.6 Å². The first kappa shape index (κ1) is 15.8. The van der Waals surface area contributed by atoms with Crippen LogP contribution in [0.5, 0.6) is 0 Å². The van der Waals surface area contributed by atoms with Crippen LogP contribution < -0.4 is 5.32 Å². The van der Waals surface area contributed by atoms with E-state index in [1.807, 2.05) is 0 Å². The van der Waals surface area contributed by atoms with Crippen LogP contribution in [0.1, 0.15) is 46.0 Å². The van der Waals surface area contributed by atoms with Gasteiger partial charge in [-0.15, -0.1) is 0 Å². The molecule has 1 fully saturated rings. The van der Waals surface area contributed by atoms with E-state index in [4.69, 9.17) is 4.74 Å². The number of ether oxygens (including phenoxy) is 1. The van der Waals surface area contributed by atoms with Crippen molar-refractivity contribution in [1.29, 1.82) is 0 Å². The predicted molar refractivity (Wildman–Crippen MR) is 73.9 cm³/mol. The van der Waals surface area contributed by atoms with Crippen molar-refractivity contribution in [3.05, 3.63) is 0 Å². The SMILES string of the molecule is CCCCCNC(=O)C1CCN(C(=O)OCC)CC1. The molecule has 2 amide bonds. The van der Waals surface area contributed by atoms with E-state index in [1.54, 1.807) is 11.8 Å². The molecule has 0 aromatic carbocycles. The predicted octanol–water partition coefficient (Wildman–Crippen LogP) is 2.16. The van der Waals surface area contributed by atoms with Gasteiger partial charge in [-0.2, -0.15) is 0 Å². The summed E-state index contributed by atoms with van der Waals surface area (Å²) in [6.45, 7) is 6.35. The molecule has 0 bridgehead atoms. The van der Waals surface area contributed by atoms with Crippen molar-refractivity contribution < 1.29 is 14.3 Å². The number of amides is 2. The fourth-order valence-corrected chi connectivity index (χ4v) is 2.27. The number of nitrogens with zero attached hydrogens (tertiary/aromatic N) is 1. The maximum absolute atomic E-state index is 11.9. The van der Waals surface area contributed by atoms with E-state index in [0.29, 0.717) is 19.7 Å². The number of hydrogen-bond donors (Lipinski definition) is 1. The first-order chi connectivity index (χ1) is 9.19. The van der Waals surface area contributed by atoms with Gasteiger partial charge < -0.3 is 15.0 Å². The molecule has 1 aliphatic rings. The van der Waals surface area contributed by atoms with Gasteiger partial charge in [-0.3, -0.25) is 4.79 Å². The van der Waals surface area contributed by atoms with E-state index in [2.05, 4.69) is 12.2 Å². The number of nitrogens with one attached hydrogen (secondary N) is 1. The molecule has 0 aromatic heterocycles. The number of piperidine rings is 1. The Morgan fingerprint density at radius 1 is 1.21 bits per heavy atom. The van der Waals surface area contributed by atoms with Crippen molar-refractivity contribution in [3.63, 3.8) is 0 Å². The van der Waals surface area contributed by atoms with Gasteiger partial charge in [0.2, 0.25) is 5.91 Å². The Morgan fingerprint density at radius 2 is 1.89 bits per heavy atom. The Kier molecular flexibility index (Phi) is 7.30. The zero-order chi connectivity index (χ0) is 14.1. The van der Waals surface area contributed by atoms with Crippen LogP contribution in [0.4, 0.5) is 4.79 Å². The lowest BCUT2D eigenvalue weighted by atomic mass is 9.96. The highest BCUT2D eigenvalue weighted by atomic mass is 16.6. The van der Waals surface area contributed by atoms with Gasteiger partial charge >= 0.3 is 6.09 Å². The molecule has 0 aromatic rings. The summed E-state index contributed by atoms with van der Waals surface area (Å²) >= 11 is 0. The Labute approximate surface area is 115 Å². The molecule has 5 heteroatoms. The Balaban J connectivity index is 2.21. The molecule has 0 spiro atoms. The van der Waals surface area contributed by atoms with Gasteiger partial charge in [-0.05, 0) is 26.2 Å². The summed E-state index contributed by atoms with van der Waals surface area (Å²) in [4.78, 5) is 25.1. The largest absolute Gasteiger partial charge is 0.450 e. The normalized spacial score (nSPS) is 16.2. The maximum atomic E-state index is 11.9. The van der Waals surface area contributed by atoms with Crippen molar-refractivity contribution in [2.45, 2.75) is 46.0 Å². The standard InChI is InChI=1S/C14H26N2O3/c1-3-5-6-9-15-13(17)12-7-10-16(11-8-12)14(18)19-4-2/h12H,3-11H2,1-2H3,(H,15,17). The van der Waals surface area contributed by atoms with Crippen molar-refractivity contribution >= 4 is 12.0 Å². The molecule has 5 nitrogen and oxygen atoms in total. The molecular formula is C14H26N2O3. The van der Waals surface area contributed by atoms with Gasteiger partial charge in [0.05, 0.1) is 6.61 Å². The molecule has 0 atom stereocenters. The second-order valence-electron chi connectivity index (χ2n) is 4.96. The molecule has 1 heterocycles. The molecule has 1 N–H and O–H groups in total. The zero-order valence-corrected chi connectivity index (χ0v) is 12.1. The molecular weight excluding hydrogens is 244 g/mol. The third kappa shape index (κ3) is 5.49. The van der Waals surface area contributed by atoms with Gasteiger partial charge in [-0.1, -0.05) is 19.8 Å². The summed E-state index contributed by atoms with van der Waals surface area (Å²) in [6, 6.07) is 0. The lowest BCUT2D eigenvalue weighted by Crippen LogP contribution is -2.43. The van der Waals surface area contributed by atoms with E-state index in [9.17, 15) is 9.59 Å². The summed E-state index contributed by atoms with van der Waals surface area (Å²) < 4.78 is 4.96. The average molecular weight is 270 g/mol. The summed E-state index contributed by atoms with van der Waals surface area (Å²) in [5, 5.41) is 2.98. The lowest BCUT2D eigenvalue weighted by molar-refractivity contribution is -0.126. The van der Waals surface area contributed by atoms with E-state index in [-0.39, 0.29) is 17.9 Å². The molecule has 19 heavy (non-hydrogen) atoms. The minimum absolute atomic E-state index is 0.0484. The van der Waals surface area contributed by atoms with E-state index < -0.39 is 0 Å². The first-order valence-electron chi connectivity index (χ1n) is 7.38. The fourth-order valence-electron chi connectivity index (χ4n) is 2.27. The summed E-state index contributed by atoms with van der Waals surface area (Å²) in [7, 11) is 0. The molecule has 0 unspecified atom stereocenters. The molecule has 1 rings (SSSR count). The van der Waals surface area contributed by atoms with Crippen LogP contribution >= 0.6 is 0 Å². The first-order valence-corrected chi connectivity index (χ1v) is 7.38. The van der Waals surface area contributed by atoms with Crippen LogP contribution in [0.25, 0.3) is 0 Å². The van der Waals surface area contributed by atoms with Crippen LogP contribution in [-0.4, -0.2) is 43.1 Å². The van der Waals surface area contributed by atoms with Crippen LogP contribution in [0.2, 0.25) is 0 Å². The van der Waals surface area contributed by atoms with Crippen LogP contribution in [-0.2, 0) is 9.53 Å². The Bertz CT molecular complexity index is 286. The van der Waals surface area contributed by atoms with E-state index >= 15 is 0 Å². The van der Waals surface area contributed by atoms with Crippen molar-refractivity contribution in [2.75, 3.05) is 26.2 Å². The van der Waals surface area contributed by atoms with Crippen molar-refractivity contribution in [3.8, 4) is 0 Å². The fraction of sp³-hybridized carbons (Fsp3) is 0.857. The summed E-state index contributed by atoms with van der Waals surface area (Å²) in [6.07, 6.45) is 4.57.